The van der Waals surface area contributed by atoms with E-state index in [2.05, 4.69) is 15.3 Å². The molecular weight excluding hydrogens is 250 g/mol. The van der Waals surface area contributed by atoms with E-state index < -0.39 is 5.82 Å². The van der Waals surface area contributed by atoms with Gasteiger partial charge in [0.05, 0.1) is 6.20 Å². The van der Waals surface area contributed by atoms with Crippen molar-refractivity contribution in [3.05, 3.63) is 42.1 Å². The van der Waals surface area contributed by atoms with Gasteiger partial charge in [0.2, 0.25) is 5.95 Å². The maximum Gasteiger partial charge on any atom is 0.224 e. The average molecular weight is 264 g/mol. The molecule has 0 aliphatic carbocycles. The fraction of sp³-hybridized carbons (Fsp3) is 0.231. The van der Waals surface area contributed by atoms with E-state index in [9.17, 15) is 8.78 Å². The highest BCUT2D eigenvalue weighted by Crippen LogP contribution is 2.26. The topological polar surface area (TPSA) is 41.1 Å². The number of nitrogens with one attached hydrogen (secondary N) is 1. The summed E-state index contributed by atoms with van der Waals surface area (Å²) < 4.78 is 27.1. The third-order valence-electron chi connectivity index (χ3n) is 2.64. The minimum atomic E-state index is -0.551. The van der Waals surface area contributed by atoms with Crippen LogP contribution in [0.1, 0.15) is 6.92 Å². The minimum absolute atomic E-state index is 0.118. The summed E-state index contributed by atoms with van der Waals surface area (Å²) in [5.74, 6) is -0.497. The standard InChI is InChI=1S/C13H14F2N4/c1-3-19(10-6-4-5-9(14)7-10)12-11(15)8-17-13(16-2)18-12/h4-8H,3H2,1-2H3,(H,16,17,18). The van der Waals surface area contributed by atoms with Crippen LogP contribution in [0.3, 0.4) is 0 Å². The van der Waals surface area contributed by atoms with Gasteiger partial charge in [0.25, 0.3) is 0 Å². The van der Waals surface area contributed by atoms with Gasteiger partial charge in [-0.05, 0) is 25.1 Å². The monoisotopic (exact) mass is 264 g/mol. The van der Waals surface area contributed by atoms with Crippen LogP contribution in [0.5, 0.6) is 0 Å². The van der Waals surface area contributed by atoms with E-state index in [-0.39, 0.29) is 11.6 Å². The van der Waals surface area contributed by atoms with Gasteiger partial charge in [0, 0.05) is 19.3 Å². The van der Waals surface area contributed by atoms with Gasteiger partial charge >= 0.3 is 0 Å². The normalized spacial score (nSPS) is 10.3. The Morgan fingerprint density at radius 2 is 2.11 bits per heavy atom. The lowest BCUT2D eigenvalue weighted by molar-refractivity contribution is 0.610. The second-order valence-electron chi connectivity index (χ2n) is 3.84. The Hall–Kier alpha value is -2.24. The predicted molar refractivity (Wildman–Crippen MR) is 70.6 cm³/mol. The Morgan fingerprint density at radius 3 is 2.74 bits per heavy atom. The maximum absolute atomic E-state index is 13.8. The van der Waals surface area contributed by atoms with E-state index in [1.165, 1.54) is 12.1 Å². The third kappa shape index (κ3) is 2.78. The van der Waals surface area contributed by atoms with Crippen LogP contribution in [0.4, 0.5) is 26.2 Å². The second-order valence-corrected chi connectivity index (χ2v) is 3.84. The number of halogens is 2. The number of aromatic nitrogens is 2. The third-order valence-corrected chi connectivity index (χ3v) is 2.64. The van der Waals surface area contributed by atoms with Crippen molar-refractivity contribution in [1.82, 2.24) is 9.97 Å². The van der Waals surface area contributed by atoms with Gasteiger partial charge in [0.1, 0.15) is 5.82 Å². The fourth-order valence-corrected chi connectivity index (χ4v) is 1.77. The molecule has 0 amide bonds. The van der Waals surface area contributed by atoms with Crippen LogP contribution >= 0.6 is 0 Å². The van der Waals surface area contributed by atoms with Gasteiger partial charge in [0.15, 0.2) is 11.6 Å². The molecule has 0 spiro atoms. The first-order valence-electron chi connectivity index (χ1n) is 5.89. The van der Waals surface area contributed by atoms with Crippen molar-refractivity contribution in [3.63, 3.8) is 0 Å². The first-order valence-corrected chi connectivity index (χ1v) is 5.89. The van der Waals surface area contributed by atoms with Crippen LogP contribution in [0.25, 0.3) is 0 Å². The summed E-state index contributed by atoms with van der Waals surface area (Å²) in [5, 5.41) is 2.75. The van der Waals surface area contributed by atoms with Crippen molar-refractivity contribution < 1.29 is 8.78 Å². The quantitative estimate of drug-likeness (QED) is 0.921. The van der Waals surface area contributed by atoms with E-state index in [0.29, 0.717) is 18.2 Å². The molecule has 4 nitrogen and oxygen atoms in total. The maximum atomic E-state index is 13.8. The SMILES string of the molecule is CCN(c1cccc(F)c1)c1nc(NC)ncc1F. The van der Waals surface area contributed by atoms with Gasteiger partial charge in [-0.2, -0.15) is 4.98 Å². The summed E-state index contributed by atoms with van der Waals surface area (Å²) in [6, 6.07) is 5.95. The highest BCUT2D eigenvalue weighted by atomic mass is 19.1. The first kappa shape index (κ1) is 13.2. The number of benzene rings is 1. The zero-order chi connectivity index (χ0) is 13.8. The molecule has 19 heavy (non-hydrogen) atoms. The van der Waals surface area contributed by atoms with E-state index in [0.717, 1.165) is 6.20 Å². The first-order chi connectivity index (χ1) is 9.15. The summed E-state index contributed by atoms with van der Waals surface area (Å²) >= 11 is 0. The van der Waals surface area contributed by atoms with Gasteiger partial charge in [-0.3, -0.25) is 0 Å². The summed E-state index contributed by atoms with van der Waals surface area (Å²) in [4.78, 5) is 9.45. The van der Waals surface area contributed by atoms with Crippen molar-refractivity contribution in [2.75, 3.05) is 23.8 Å². The molecule has 1 aromatic heterocycles. The van der Waals surface area contributed by atoms with Crippen LogP contribution in [-0.2, 0) is 0 Å². The molecule has 0 atom stereocenters. The van der Waals surface area contributed by atoms with E-state index in [4.69, 9.17) is 0 Å². The number of rotatable bonds is 4. The summed E-state index contributed by atoms with van der Waals surface area (Å²) in [6.07, 6.45) is 1.09. The molecule has 2 aromatic rings. The number of anilines is 3. The molecule has 100 valence electrons. The molecule has 0 fully saturated rings. The van der Waals surface area contributed by atoms with Crippen molar-refractivity contribution in [2.24, 2.45) is 0 Å². The van der Waals surface area contributed by atoms with Crippen LogP contribution in [0.15, 0.2) is 30.5 Å². The number of nitrogens with zero attached hydrogens (tertiary/aromatic N) is 3. The second kappa shape index (κ2) is 5.60. The molecule has 1 aromatic carbocycles. The largest absolute Gasteiger partial charge is 0.357 e. The highest BCUT2D eigenvalue weighted by molar-refractivity contribution is 5.61. The van der Waals surface area contributed by atoms with E-state index in [1.54, 1.807) is 24.1 Å². The molecule has 1 heterocycles. The van der Waals surface area contributed by atoms with Crippen molar-refractivity contribution in [2.45, 2.75) is 6.92 Å². The molecule has 0 radical (unpaired) electrons. The summed E-state index contributed by atoms with van der Waals surface area (Å²) in [7, 11) is 1.65. The molecule has 2 rings (SSSR count). The van der Waals surface area contributed by atoms with Gasteiger partial charge in [-0.15, -0.1) is 0 Å². The molecule has 0 unspecified atom stereocenters. The number of hydrogen-bond donors (Lipinski definition) is 1. The molecule has 0 bridgehead atoms. The molecule has 1 N–H and O–H groups in total. The van der Waals surface area contributed by atoms with Crippen LogP contribution in [-0.4, -0.2) is 23.6 Å². The highest BCUT2D eigenvalue weighted by Gasteiger charge is 2.15. The Kier molecular flexibility index (Phi) is 3.89. The van der Waals surface area contributed by atoms with Crippen LogP contribution in [0.2, 0.25) is 0 Å². The lowest BCUT2D eigenvalue weighted by Crippen LogP contribution is -2.19. The lowest BCUT2D eigenvalue weighted by Gasteiger charge is -2.22. The molecular formula is C13H14F2N4. The Morgan fingerprint density at radius 1 is 1.32 bits per heavy atom. The Balaban J connectivity index is 2.47. The molecule has 0 aliphatic rings. The van der Waals surface area contributed by atoms with Crippen LogP contribution in [0, 0.1) is 11.6 Å². The lowest BCUT2D eigenvalue weighted by atomic mass is 10.2. The smallest absolute Gasteiger partial charge is 0.224 e. The van der Waals surface area contributed by atoms with Gasteiger partial charge < -0.3 is 10.2 Å². The van der Waals surface area contributed by atoms with E-state index in [1.807, 2.05) is 6.92 Å². The van der Waals surface area contributed by atoms with Crippen molar-refractivity contribution >= 4 is 17.5 Å². The molecule has 0 aliphatic heterocycles. The van der Waals surface area contributed by atoms with E-state index >= 15 is 0 Å². The van der Waals surface area contributed by atoms with Crippen molar-refractivity contribution in [3.8, 4) is 0 Å². The Bertz CT molecular complexity index is 574. The Labute approximate surface area is 110 Å². The zero-order valence-corrected chi connectivity index (χ0v) is 10.7. The average Bonchev–Trinajstić information content (AvgIpc) is 2.42. The number of hydrogen-bond acceptors (Lipinski definition) is 4. The van der Waals surface area contributed by atoms with Gasteiger partial charge in [-0.1, -0.05) is 6.07 Å². The van der Waals surface area contributed by atoms with Crippen molar-refractivity contribution in [1.29, 1.82) is 0 Å². The van der Waals surface area contributed by atoms with Gasteiger partial charge in [-0.25, -0.2) is 13.8 Å². The molecule has 6 heteroatoms. The predicted octanol–water partition coefficient (Wildman–Crippen LogP) is 2.95. The molecule has 0 saturated heterocycles. The zero-order valence-electron chi connectivity index (χ0n) is 10.7. The van der Waals surface area contributed by atoms with Crippen LogP contribution < -0.4 is 10.2 Å². The summed E-state index contributed by atoms with van der Waals surface area (Å²) in [6.45, 7) is 2.30. The minimum Gasteiger partial charge on any atom is -0.357 e. The fourth-order valence-electron chi connectivity index (χ4n) is 1.77. The summed E-state index contributed by atoms with van der Waals surface area (Å²) in [5.41, 5.74) is 0.544. The molecule has 0 saturated carbocycles.